The third kappa shape index (κ3) is 5.76. The number of nitrogens with one attached hydrogen (secondary N) is 2. The van der Waals surface area contributed by atoms with Crippen molar-refractivity contribution in [1.82, 2.24) is 20.0 Å². The van der Waals surface area contributed by atoms with Crippen molar-refractivity contribution in [3.05, 3.63) is 23.9 Å². The molecule has 32 heavy (non-hydrogen) atoms. The van der Waals surface area contributed by atoms with Gasteiger partial charge in [0.1, 0.15) is 0 Å². The molecule has 1 aromatic carbocycles. The Kier molecular flexibility index (Phi) is 8.83. The Labute approximate surface area is 189 Å². The lowest BCUT2D eigenvalue weighted by Crippen LogP contribution is -2.57. The molecule has 2 bridgehead atoms. The van der Waals surface area contributed by atoms with Crippen LogP contribution in [0.2, 0.25) is 0 Å². The number of piperidine rings is 3. The van der Waals surface area contributed by atoms with Gasteiger partial charge in [-0.3, -0.25) is 14.3 Å². The van der Waals surface area contributed by atoms with Crippen LogP contribution in [0.5, 0.6) is 0 Å². The number of carboxylic acid groups (broad SMARTS) is 1. The van der Waals surface area contributed by atoms with E-state index >= 15 is 0 Å². The van der Waals surface area contributed by atoms with Gasteiger partial charge < -0.3 is 30.1 Å². The number of rotatable bonds is 9. The summed E-state index contributed by atoms with van der Waals surface area (Å²) in [6.07, 6.45) is 2.34. The molecule has 3 aliphatic heterocycles. The van der Waals surface area contributed by atoms with Crippen LogP contribution in [-0.2, 0) is 20.8 Å². The fourth-order valence-electron chi connectivity index (χ4n) is 4.47. The first-order valence-corrected chi connectivity index (χ1v) is 10.9. The molecule has 3 fully saturated rings. The highest BCUT2D eigenvalue weighted by Gasteiger charge is 2.35. The number of methoxy groups -OCH3 is 2. The maximum Gasteiger partial charge on any atom is 0.290 e. The summed E-state index contributed by atoms with van der Waals surface area (Å²) in [6.45, 7) is 5.49. The summed E-state index contributed by atoms with van der Waals surface area (Å²) in [7, 11) is 3.35. The molecule has 5 rings (SSSR count). The Morgan fingerprint density at radius 1 is 1.28 bits per heavy atom. The number of carbonyl (C=O) groups is 2. The Hall–Kier alpha value is -2.69. The second-order valence-electron chi connectivity index (χ2n) is 8.04. The van der Waals surface area contributed by atoms with Crippen molar-refractivity contribution in [2.75, 3.05) is 58.9 Å². The van der Waals surface area contributed by atoms with Gasteiger partial charge in [-0.15, -0.1) is 0 Å². The van der Waals surface area contributed by atoms with Gasteiger partial charge in [-0.05, 0) is 50.0 Å². The van der Waals surface area contributed by atoms with Crippen molar-refractivity contribution in [2.45, 2.75) is 25.4 Å². The van der Waals surface area contributed by atoms with E-state index in [0.717, 1.165) is 36.2 Å². The monoisotopic (exact) mass is 449 g/mol. The van der Waals surface area contributed by atoms with Crippen molar-refractivity contribution in [2.24, 2.45) is 5.92 Å². The van der Waals surface area contributed by atoms with Crippen LogP contribution < -0.4 is 10.6 Å². The minimum absolute atomic E-state index is 0. The first-order chi connectivity index (χ1) is 15.6. The molecule has 0 radical (unpaired) electrons. The lowest BCUT2D eigenvalue weighted by Gasteiger charge is -2.44. The standard InChI is InChI=1S/C21H31N5O3.CH2O2.H2/c1-28-11-7-22-16-3-4-19-17(13-16)20(24-26(19)10-12-29-2)21(27)23-18-14-25-8-5-15(18)6-9-25;2-1-3;/h3-4,13,15,18,22H,5-12,14H2,1-2H3,(H,23,27);1H,(H,2,3);1H/t18-;;/m0../s1. The summed E-state index contributed by atoms with van der Waals surface area (Å²) in [5, 5.41) is 19.0. The summed E-state index contributed by atoms with van der Waals surface area (Å²) in [6, 6.07) is 6.25. The van der Waals surface area contributed by atoms with Crippen molar-refractivity contribution in [3.63, 3.8) is 0 Å². The third-order valence-corrected chi connectivity index (χ3v) is 6.08. The number of benzene rings is 1. The van der Waals surface area contributed by atoms with Gasteiger partial charge in [-0.1, -0.05) is 0 Å². The van der Waals surface area contributed by atoms with Gasteiger partial charge in [-0.2, -0.15) is 5.10 Å². The maximum atomic E-state index is 13.2. The predicted octanol–water partition coefficient (Wildman–Crippen LogP) is 1.51. The zero-order valence-electron chi connectivity index (χ0n) is 18.7. The summed E-state index contributed by atoms with van der Waals surface area (Å²) in [5.41, 5.74) is 2.39. The Morgan fingerprint density at radius 2 is 2.00 bits per heavy atom. The maximum absolute atomic E-state index is 13.2. The topological polar surface area (TPSA) is 118 Å². The number of nitrogens with zero attached hydrogens (tertiary/aromatic N) is 3. The predicted molar refractivity (Wildman–Crippen MR) is 123 cm³/mol. The summed E-state index contributed by atoms with van der Waals surface area (Å²) >= 11 is 0. The molecule has 0 spiro atoms. The second-order valence-corrected chi connectivity index (χ2v) is 8.04. The van der Waals surface area contributed by atoms with Crippen LogP contribution in [0.25, 0.3) is 10.9 Å². The molecule has 4 heterocycles. The van der Waals surface area contributed by atoms with Gasteiger partial charge >= 0.3 is 0 Å². The highest BCUT2D eigenvalue weighted by Crippen LogP contribution is 2.28. The van der Waals surface area contributed by atoms with Gasteiger partial charge in [0.15, 0.2) is 5.69 Å². The lowest BCUT2D eigenvalue weighted by molar-refractivity contribution is -0.122. The molecule has 0 unspecified atom stereocenters. The van der Waals surface area contributed by atoms with E-state index in [4.69, 9.17) is 19.4 Å². The van der Waals surface area contributed by atoms with E-state index in [2.05, 4.69) is 20.6 Å². The van der Waals surface area contributed by atoms with Crippen LogP contribution in [-0.4, -0.2) is 91.8 Å². The first kappa shape index (κ1) is 24.0. The van der Waals surface area contributed by atoms with E-state index in [1.807, 2.05) is 22.9 Å². The number of aromatic nitrogens is 2. The number of fused-ring (bicyclic) bond motifs is 4. The first-order valence-electron chi connectivity index (χ1n) is 10.9. The van der Waals surface area contributed by atoms with Crippen molar-refractivity contribution < 1.29 is 25.6 Å². The van der Waals surface area contributed by atoms with Gasteiger partial charge in [-0.25, -0.2) is 0 Å². The number of anilines is 1. The summed E-state index contributed by atoms with van der Waals surface area (Å²) in [5.74, 6) is 0.496. The van der Waals surface area contributed by atoms with E-state index in [9.17, 15) is 4.79 Å². The van der Waals surface area contributed by atoms with E-state index in [1.54, 1.807) is 14.2 Å². The van der Waals surface area contributed by atoms with Crippen LogP contribution in [0.15, 0.2) is 18.2 Å². The Balaban J connectivity index is 0.000000914. The number of amides is 1. The molecule has 3 aliphatic rings. The molecule has 10 nitrogen and oxygen atoms in total. The fourth-order valence-corrected chi connectivity index (χ4v) is 4.47. The number of carbonyl (C=O) groups excluding carboxylic acids is 1. The Morgan fingerprint density at radius 3 is 2.62 bits per heavy atom. The van der Waals surface area contributed by atoms with Crippen molar-refractivity contribution in [3.8, 4) is 0 Å². The number of hydrogen-bond donors (Lipinski definition) is 3. The van der Waals surface area contributed by atoms with E-state index in [1.165, 1.54) is 12.8 Å². The molecule has 1 amide bonds. The SMILES string of the molecule is COCCNc1ccc2c(c1)c(C(=O)N[C@H]1CN3CCC1CC3)nn2CCOC.O=CO.[HH]. The minimum atomic E-state index is -0.250. The molecule has 178 valence electrons. The van der Waals surface area contributed by atoms with Crippen LogP contribution >= 0.6 is 0 Å². The largest absolute Gasteiger partial charge is 0.483 e. The highest BCUT2D eigenvalue weighted by atomic mass is 16.5. The normalized spacial score (nSPS) is 21.6. The average Bonchev–Trinajstić information content (AvgIpc) is 3.17. The van der Waals surface area contributed by atoms with Gasteiger partial charge in [0.25, 0.3) is 12.4 Å². The minimum Gasteiger partial charge on any atom is -0.483 e. The second kappa shape index (κ2) is 11.8. The zero-order chi connectivity index (χ0) is 22.9. The van der Waals surface area contributed by atoms with Crippen LogP contribution in [0, 0.1) is 5.92 Å². The quantitative estimate of drug-likeness (QED) is 0.390. The van der Waals surface area contributed by atoms with Gasteiger partial charge in [0, 0.05) is 45.9 Å². The molecule has 3 saturated heterocycles. The van der Waals surface area contributed by atoms with E-state index in [0.29, 0.717) is 37.9 Å². The van der Waals surface area contributed by atoms with Crippen molar-refractivity contribution in [1.29, 1.82) is 0 Å². The third-order valence-electron chi connectivity index (χ3n) is 6.08. The van der Waals surface area contributed by atoms with Crippen LogP contribution in [0.3, 0.4) is 0 Å². The van der Waals surface area contributed by atoms with Gasteiger partial charge in [0.05, 0.1) is 25.3 Å². The van der Waals surface area contributed by atoms with Crippen LogP contribution in [0.4, 0.5) is 5.69 Å². The van der Waals surface area contributed by atoms with Gasteiger partial charge in [0.2, 0.25) is 0 Å². The fraction of sp³-hybridized carbons (Fsp3) is 0.591. The number of ether oxygens (including phenoxy) is 2. The van der Waals surface area contributed by atoms with Crippen LogP contribution in [0.1, 0.15) is 24.8 Å². The molecular formula is C22H35N5O5. The van der Waals surface area contributed by atoms with E-state index < -0.39 is 0 Å². The number of hydrogen-bond acceptors (Lipinski definition) is 7. The molecule has 3 N–H and O–H groups in total. The molecule has 10 heteroatoms. The molecule has 2 aromatic rings. The van der Waals surface area contributed by atoms with E-state index in [-0.39, 0.29) is 19.8 Å². The Bertz CT molecular complexity index is 901. The lowest BCUT2D eigenvalue weighted by atomic mass is 9.84. The average molecular weight is 450 g/mol. The van der Waals surface area contributed by atoms with Crippen molar-refractivity contribution >= 4 is 29.0 Å². The summed E-state index contributed by atoms with van der Waals surface area (Å²) < 4.78 is 12.2. The molecule has 0 aliphatic carbocycles. The molecular weight excluding hydrogens is 414 g/mol. The summed E-state index contributed by atoms with van der Waals surface area (Å²) in [4.78, 5) is 24.0. The highest BCUT2D eigenvalue weighted by molar-refractivity contribution is 6.05. The molecule has 1 aromatic heterocycles. The zero-order valence-corrected chi connectivity index (χ0v) is 18.7. The molecule has 0 saturated carbocycles. The molecule has 1 atom stereocenters. The smallest absolute Gasteiger partial charge is 0.290 e.